The molecule has 1 N–H and O–H groups in total. The Hall–Kier alpha value is -1.30. The Morgan fingerprint density at radius 2 is 2.06 bits per heavy atom. The molecular formula is C16H24O2. The van der Waals surface area contributed by atoms with Crippen LogP contribution in [-0.2, 0) is 4.74 Å². The molecule has 1 aliphatic rings. The molecule has 0 bridgehead atoms. The molecule has 0 fully saturated rings. The van der Waals surface area contributed by atoms with Crippen molar-refractivity contribution in [2.75, 3.05) is 13.2 Å². The van der Waals surface area contributed by atoms with E-state index in [2.05, 4.69) is 38.0 Å². The van der Waals surface area contributed by atoms with Gasteiger partial charge in [-0.2, -0.15) is 0 Å². The second-order valence-corrected chi connectivity index (χ2v) is 4.14. The van der Waals surface area contributed by atoms with Crippen LogP contribution in [0, 0.1) is 12.8 Å². The van der Waals surface area contributed by atoms with Gasteiger partial charge in [-0.15, -0.1) is 12.8 Å². The van der Waals surface area contributed by atoms with Crippen LogP contribution >= 0.6 is 0 Å². The minimum Gasteiger partial charge on any atom is -0.392 e. The minimum atomic E-state index is 0.150. The van der Waals surface area contributed by atoms with E-state index in [1.165, 1.54) is 5.57 Å². The predicted molar refractivity (Wildman–Crippen MR) is 77.2 cm³/mol. The van der Waals surface area contributed by atoms with Gasteiger partial charge in [0.15, 0.2) is 0 Å². The van der Waals surface area contributed by atoms with Crippen molar-refractivity contribution in [3.05, 3.63) is 36.0 Å². The van der Waals surface area contributed by atoms with Gasteiger partial charge in [-0.05, 0) is 32.6 Å². The summed E-state index contributed by atoms with van der Waals surface area (Å²) in [7, 11) is 0. The zero-order valence-corrected chi connectivity index (χ0v) is 11.2. The van der Waals surface area contributed by atoms with E-state index in [4.69, 9.17) is 9.84 Å². The molecule has 1 aliphatic heterocycles. The van der Waals surface area contributed by atoms with E-state index in [-0.39, 0.29) is 12.7 Å². The number of unbranched alkanes of at least 4 members (excludes halogenated alkanes) is 2. The Kier molecular flexibility index (Phi) is 11.3. The Bertz CT molecular complexity index is 297. The smallest absolute Gasteiger partial charge is 0.0797 e. The van der Waals surface area contributed by atoms with Gasteiger partial charge in [-0.3, -0.25) is 0 Å². The molecule has 1 rings (SSSR count). The van der Waals surface area contributed by atoms with Crippen LogP contribution in [0.1, 0.15) is 32.6 Å². The van der Waals surface area contributed by atoms with E-state index in [9.17, 15) is 0 Å². The summed E-state index contributed by atoms with van der Waals surface area (Å²) in [5, 5.41) is 8.54. The third-order valence-corrected chi connectivity index (χ3v) is 2.63. The molecule has 2 nitrogen and oxygen atoms in total. The molecule has 0 saturated carbocycles. The molecule has 0 radical (unpaired) electrons. The lowest BCUT2D eigenvalue weighted by molar-refractivity contribution is 0.0986. The first-order chi connectivity index (χ1) is 8.83. The molecule has 2 heteroatoms. The lowest BCUT2D eigenvalue weighted by atomic mass is 10.1. The predicted octanol–water partition coefficient (Wildman–Crippen LogP) is 3.25. The fraction of sp³-hybridized carbons (Fsp3) is 0.500. The van der Waals surface area contributed by atoms with E-state index in [1.807, 2.05) is 6.08 Å². The average Bonchev–Trinajstić information content (AvgIpc) is 2.40. The largest absolute Gasteiger partial charge is 0.392 e. The maximum absolute atomic E-state index is 8.54. The maximum atomic E-state index is 8.54. The fourth-order valence-electron chi connectivity index (χ4n) is 1.69. The number of aliphatic hydroxyl groups is 1. The van der Waals surface area contributed by atoms with E-state index < -0.39 is 0 Å². The molecule has 0 aromatic rings. The third kappa shape index (κ3) is 8.81. The average molecular weight is 248 g/mol. The van der Waals surface area contributed by atoms with Crippen molar-refractivity contribution in [1.29, 1.82) is 0 Å². The van der Waals surface area contributed by atoms with Crippen LogP contribution in [0.25, 0.3) is 0 Å². The number of rotatable bonds is 6. The quantitative estimate of drug-likeness (QED) is 0.444. The van der Waals surface area contributed by atoms with Gasteiger partial charge in [0.1, 0.15) is 0 Å². The van der Waals surface area contributed by atoms with Crippen molar-refractivity contribution >= 4 is 0 Å². The summed E-state index contributed by atoms with van der Waals surface area (Å²) >= 11 is 0. The lowest BCUT2D eigenvalue weighted by Crippen LogP contribution is -2.15. The summed E-state index contributed by atoms with van der Waals surface area (Å²) in [6, 6.07) is 0. The molecule has 0 spiro atoms. The highest BCUT2D eigenvalue weighted by atomic mass is 16.5. The van der Waals surface area contributed by atoms with Gasteiger partial charge in [0.25, 0.3) is 0 Å². The summed E-state index contributed by atoms with van der Waals surface area (Å²) in [4.78, 5) is 0. The highest BCUT2D eigenvalue weighted by molar-refractivity contribution is 5.07. The van der Waals surface area contributed by atoms with E-state index in [1.54, 1.807) is 6.08 Å². The van der Waals surface area contributed by atoms with Gasteiger partial charge >= 0.3 is 0 Å². The monoisotopic (exact) mass is 248 g/mol. The summed E-state index contributed by atoms with van der Waals surface area (Å²) in [5.41, 5.74) is 1.42. The molecule has 0 aromatic carbocycles. The van der Waals surface area contributed by atoms with Gasteiger partial charge in [0.05, 0.1) is 19.3 Å². The number of hydrogen-bond donors (Lipinski definition) is 1. The summed E-state index contributed by atoms with van der Waals surface area (Å²) in [5.74, 6) is 0. The molecule has 18 heavy (non-hydrogen) atoms. The van der Waals surface area contributed by atoms with Crippen molar-refractivity contribution in [3.63, 3.8) is 0 Å². The van der Waals surface area contributed by atoms with Gasteiger partial charge in [-0.25, -0.2) is 0 Å². The highest BCUT2D eigenvalue weighted by Gasteiger charge is 2.09. The normalized spacial score (nSPS) is 19.6. The third-order valence-electron chi connectivity index (χ3n) is 2.63. The van der Waals surface area contributed by atoms with Crippen molar-refractivity contribution in [2.24, 2.45) is 0 Å². The zero-order chi connectivity index (χ0) is 13.6. The van der Waals surface area contributed by atoms with Crippen LogP contribution in [0.15, 0.2) is 36.0 Å². The summed E-state index contributed by atoms with van der Waals surface area (Å²) < 4.78 is 5.58. The first-order valence-electron chi connectivity index (χ1n) is 6.36. The van der Waals surface area contributed by atoms with Crippen LogP contribution in [-0.4, -0.2) is 24.4 Å². The molecule has 0 aliphatic carbocycles. The standard InChI is InChI=1S/C14H22O2.C2H2/c1-13-9-11-16-14(12-13)8-6-4-2-3-5-7-10-15;1-2/h5-9,14-15H,2-4,10-12H2,1H3;1-2H/b7-5+,8-6+;. The Morgan fingerprint density at radius 1 is 1.33 bits per heavy atom. The molecule has 0 amide bonds. The molecular weight excluding hydrogens is 224 g/mol. The second kappa shape index (κ2) is 12.2. The zero-order valence-electron chi connectivity index (χ0n) is 11.2. The Balaban J connectivity index is 0.00000137. The maximum Gasteiger partial charge on any atom is 0.0797 e. The van der Waals surface area contributed by atoms with Crippen molar-refractivity contribution in [2.45, 2.75) is 38.7 Å². The van der Waals surface area contributed by atoms with Gasteiger partial charge < -0.3 is 9.84 Å². The minimum absolute atomic E-state index is 0.150. The van der Waals surface area contributed by atoms with Crippen molar-refractivity contribution in [3.8, 4) is 12.8 Å². The molecule has 0 saturated heterocycles. The van der Waals surface area contributed by atoms with E-state index in [0.29, 0.717) is 0 Å². The Morgan fingerprint density at radius 3 is 2.72 bits per heavy atom. The first-order valence-corrected chi connectivity index (χ1v) is 6.36. The Labute approximate surface area is 111 Å². The van der Waals surface area contributed by atoms with Gasteiger partial charge in [0.2, 0.25) is 0 Å². The molecule has 100 valence electrons. The summed E-state index contributed by atoms with van der Waals surface area (Å²) in [6.45, 7) is 3.06. The van der Waals surface area contributed by atoms with Crippen LogP contribution in [0.4, 0.5) is 0 Å². The topological polar surface area (TPSA) is 29.5 Å². The van der Waals surface area contributed by atoms with Crippen molar-refractivity contribution < 1.29 is 9.84 Å². The number of aliphatic hydroxyl groups excluding tert-OH is 1. The molecule has 1 atom stereocenters. The lowest BCUT2D eigenvalue weighted by Gasteiger charge is -2.18. The van der Waals surface area contributed by atoms with Crippen molar-refractivity contribution in [1.82, 2.24) is 0 Å². The van der Waals surface area contributed by atoms with Crippen LogP contribution in [0.3, 0.4) is 0 Å². The van der Waals surface area contributed by atoms with Crippen LogP contribution in [0.2, 0.25) is 0 Å². The number of ether oxygens (including phenoxy) is 1. The number of hydrogen-bond acceptors (Lipinski definition) is 2. The molecule has 0 aromatic heterocycles. The second-order valence-electron chi connectivity index (χ2n) is 4.14. The molecule has 1 heterocycles. The van der Waals surface area contributed by atoms with Gasteiger partial charge in [0, 0.05) is 0 Å². The van der Waals surface area contributed by atoms with E-state index in [0.717, 1.165) is 32.3 Å². The van der Waals surface area contributed by atoms with Crippen LogP contribution in [0.5, 0.6) is 0 Å². The fourth-order valence-corrected chi connectivity index (χ4v) is 1.69. The molecule has 1 unspecified atom stereocenters. The number of allylic oxidation sites excluding steroid dienone is 2. The first kappa shape index (κ1) is 16.7. The highest BCUT2D eigenvalue weighted by Crippen LogP contribution is 2.15. The van der Waals surface area contributed by atoms with Crippen LogP contribution < -0.4 is 0 Å². The summed E-state index contributed by atoms with van der Waals surface area (Å²) in [6.07, 6.45) is 22.9. The van der Waals surface area contributed by atoms with E-state index >= 15 is 0 Å². The SMILES string of the molecule is C#C.CC1=CCOC(/C=C/CCC/C=C/CO)C1. The number of terminal acetylenes is 1. The van der Waals surface area contributed by atoms with Gasteiger partial charge in [-0.1, -0.05) is 36.0 Å².